The fourth-order valence-corrected chi connectivity index (χ4v) is 4.16. The molecule has 1 aromatic carbocycles. The van der Waals surface area contributed by atoms with E-state index in [-0.39, 0.29) is 43.1 Å². The number of fused-ring (bicyclic) bond motifs is 1. The molecule has 1 aliphatic heterocycles. The number of hydrogen-bond acceptors (Lipinski definition) is 4. The lowest BCUT2D eigenvalue weighted by Gasteiger charge is -2.31. The summed E-state index contributed by atoms with van der Waals surface area (Å²) >= 11 is 0. The van der Waals surface area contributed by atoms with Gasteiger partial charge in [-0.1, -0.05) is 0 Å². The second kappa shape index (κ2) is 8.28. The normalized spacial score (nSPS) is 16.5. The van der Waals surface area contributed by atoms with Crippen LogP contribution in [0.4, 0.5) is 13.6 Å². The van der Waals surface area contributed by atoms with Gasteiger partial charge in [0.2, 0.25) is 0 Å². The summed E-state index contributed by atoms with van der Waals surface area (Å²) in [6.07, 6.45) is 3.66. The van der Waals surface area contributed by atoms with Gasteiger partial charge < -0.3 is 19.1 Å². The average Bonchev–Trinajstić information content (AvgIpc) is 3.42. The monoisotopic (exact) mass is 453 g/mol. The standard InChI is InChI=1S/C23H21F2N5O3/c1-14-3-6-29-19(12-16-13-28(23(31)32)7-8-33-16)22(27-20(29)9-14)21-17(24)10-15(11-18(21)25)30-5-2-4-26-30/h2-6,9-11,16H,7-8,12-13H2,1H3,(H,31,32)/t16-/m0/s1. The molecule has 1 aliphatic rings. The Morgan fingerprint density at radius 3 is 2.73 bits per heavy atom. The molecule has 1 amide bonds. The van der Waals surface area contributed by atoms with Crippen LogP contribution in [0.2, 0.25) is 0 Å². The van der Waals surface area contributed by atoms with E-state index in [0.717, 1.165) is 5.56 Å². The molecule has 8 nitrogen and oxygen atoms in total. The van der Waals surface area contributed by atoms with Gasteiger partial charge in [0.15, 0.2) is 0 Å². The van der Waals surface area contributed by atoms with Crippen LogP contribution < -0.4 is 0 Å². The highest BCUT2D eigenvalue weighted by Gasteiger charge is 2.28. The summed E-state index contributed by atoms with van der Waals surface area (Å²) in [6, 6.07) is 7.80. The molecule has 0 radical (unpaired) electrons. The minimum atomic E-state index is -1.02. The van der Waals surface area contributed by atoms with Crippen molar-refractivity contribution in [2.75, 3.05) is 19.7 Å². The molecule has 10 heteroatoms. The fourth-order valence-electron chi connectivity index (χ4n) is 4.16. The van der Waals surface area contributed by atoms with Crippen molar-refractivity contribution in [2.45, 2.75) is 19.4 Å². The number of aromatic nitrogens is 4. The van der Waals surface area contributed by atoms with Crippen LogP contribution in [0.5, 0.6) is 0 Å². The Morgan fingerprint density at radius 2 is 2.03 bits per heavy atom. The van der Waals surface area contributed by atoms with Gasteiger partial charge in [0, 0.05) is 43.7 Å². The number of amides is 1. The molecule has 3 aromatic heterocycles. The molecular weight excluding hydrogens is 432 g/mol. The Hall–Kier alpha value is -3.79. The first-order chi connectivity index (χ1) is 15.9. The Balaban J connectivity index is 1.61. The van der Waals surface area contributed by atoms with Gasteiger partial charge in [-0.25, -0.2) is 23.2 Å². The summed E-state index contributed by atoms with van der Waals surface area (Å²) in [6.45, 7) is 2.60. The van der Waals surface area contributed by atoms with E-state index < -0.39 is 23.8 Å². The molecule has 170 valence electrons. The number of rotatable bonds is 4. The third-order valence-corrected chi connectivity index (χ3v) is 5.74. The predicted octanol–water partition coefficient (Wildman–Crippen LogP) is 3.69. The number of carboxylic acid groups (broad SMARTS) is 1. The highest BCUT2D eigenvalue weighted by atomic mass is 19.1. The van der Waals surface area contributed by atoms with E-state index in [1.165, 1.54) is 27.9 Å². The lowest BCUT2D eigenvalue weighted by Crippen LogP contribution is -2.45. The van der Waals surface area contributed by atoms with Crippen LogP contribution in [-0.4, -0.2) is 61.1 Å². The van der Waals surface area contributed by atoms with Crippen LogP contribution >= 0.6 is 0 Å². The first kappa shape index (κ1) is 21.1. The molecule has 4 heterocycles. The Morgan fingerprint density at radius 1 is 1.24 bits per heavy atom. The molecule has 1 atom stereocenters. The molecule has 0 unspecified atom stereocenters. The number of aryl methyl sites for hydroxylation is 1. The molecule has 0 saturated carbocycles. The van der Waals surface area contributed by atoms with E-state index in [0.29, 0.717) is 11.3 Å². The van der Waals surface area contributed by atoms with E-state index in [2.05, 4.69) is 10.1 Å². The zero-order chi connectivity index (χ0) is 23.1. The Bertz CT molecular complexity index is 1310. The number of hydrogen-bond donors (Lipinski definition) is 1. The lowest BCUT2D eigenvalue weighted by molar-refractivity contribution is -0.0214. The summed E-state index contributed by atoms with van der Waals surface area (Å²) in [4.78, 5) is 17.2. The van der Waals surface area contributed by atoms with Crippen molar-refractivity contribution in [3.63, 3.8) is 0 Å². The van der Waals surface area contributed by atoms with Gasteiger partial charge in [-0.2, -0.15) is 5.10 Å². The summed E-state index contributed by atoms with van der Waals surface area (Å²) < 4.78 is 39.5. The Kier molecular flexibility index (Phi) is 5.29. The zero-order valence-corrected chi connectivity index (χ0v) is 17.8. The molecule has 33 heavy (non-hydrogen) atoms. The van der Waals surface area contributed by atoms with E-state index in [1.54, 1.807) is 22.9 Å². The second-order valence-corrected chi connectivity index (χ2v) is 8.00. The first-order valence-electron chi connectivity index (χ1n) is 10.5. The summed E-state index contributed by atoms with van der Waals surface area (Å²) in [7, 11) is 0. The van der Waals surface area contributed by atoms with E-state index >= 15 is 8.78 Å². The first-order valence-corrected chi connectivity index (χ1v) is 10.5. The maximum Gasteiger partial charge on any atom is 0.407 e. The van der Waals surface area contributed by atoms with Crippen LogP contribution in [0.3, 0.4) is 0 Å². The van der Waals surface area contributed by atoms with E-state index in [4.69, 9.17) is 4.74 Å². The van der Waals surface area contributed by atoms with Crippen molar-refractivity contribution >= 4 is 11.7 Å². The molecule has 1 N–H and O–H groups in total. The highest BCUT2D eigenvalue weighted by molar-refractivity contribution is 5.69. The number of benzene rings is 1. The number of nitrogens with zero attached hydrogens (tertiary/aromatic N) is 5. The number of halogens is 2. The number of morpholine rings is 1. The lowest BCUT2D eigenvalue weighted by atomic mass is 10.0. The van der Waals surface area contributed by atoms with Crippen LogP contribution in [0, 0.1) is 18.6 Å². The molecular formula is C23H21F2N5O3. The number of pyridine rings is 1. The minimum absolute atomic E-state index is 0.164. The Labute approximate surface area is 187 Å². The molecule has 1 fully saturated rings. The van der Waals surface area contributed by atoms with Crippen molar-refractivity contribution in [2.24, 2.45) is 0 Å². The molecule has 0 bridgehead atoms. The molecule has 1 saturated heterocycles. The smallest absolute Gasteiger partial charge is 0.407 e. The largest absolute Gasteiger partial charge is 0.465 e. The summed E-state index contributed by atoms with van der Waals surface area (Å²) in [5.74, 6) is -1.53. The van der Waals surface area contributed by atoms with Gasteiger partial charge in [-0.3, -0.25) is 0 Å². The van der Waals surface area contributed by atoms with E-state index in [1.807, 2.05) is 19.1 Å². The molecule has 4 aromatic rings. The van der Waals surface area contributed by atoms with Gasteiger partial charge in [0.05, 0.1) is 41.9 Å². The third kappa shape index (κ3) is 3.93. The van der Waals surface area contributed by atoms with Gasteiger partial charge in [0.25, 0.3) is 0 Å². The van der Waals surface area contributed by atoms with Gasteiger partial charge in [-0.15, -0.1) is 0 Å². The van der Waals surface area contributed by atoms with Crippen LogP contribution in [0.25, 0.3) is 22.6 Å². The van der Waals surface area contributed by atoms with E-state index in [9.17, 15) is 9.90 Å². The van der Waals surface area contributed by atoms with Crippen LogP contribution in [-0.2, 0) is 11.2 Å². The molecule has 0 spiro atoms. The predicted molar refractivity (Wildman–Crippen MR) is 115 cm³/mol. The van der Waals surface area contributed by atoms with Crippen molar-refractivity contribution in [3.8, 4) is 16.9 Å². The summed E-state index contributed by atoms with van der Waals surface area (Å²) in [5.41, 5.74) is 2.22. The fraction of sp³-hybridized carbons (Fsp3) is 0.261. The van der Waals surface area contributed by atoms with Crippen molar-refractivity contribution in [3.05, 3.63) is 71.8 Å². The number of ether oxygens (including phenoxy) is 1. The average molecular weight is 453 g/mol. The quantitative estimate of drug-likeness (QED) is 0.510. The summed E-state index contributed by atoms with van der Waals surface area (Å²) in [5, 5.41) is 13.4. The van der Waals surface area contributed by atoms with Gasteiger partial charge >= 0.3 is 6.09 Å². The SMILES string of the molecule is Cc1ccn2c(C[C@H]3CN(C(=O)O)CCO3)c(-c3c(F)cc(-n4cccn4)cc3F)nc2c1. The third-order valence-electron chi connectivity index (χ3n) is 5.74. The van der Waals surface area contributed by atoms with Crippen LogP contribution in [0.1, 0.15) is 11.3 Å². The zero-order valence-electron chi connectivity index (χ0n) is 17.8. The van der Waals surface area contributed by atoms with Crippen molar-refractivity contribution in [1.29, 1.82) is 0 Å². The van der Waals surface area contributed by atoms with Crippen molar-refractivity contribution in [1.82, 2.24) is 24.1 Å². The van der Waals surface area contributed by atoms with Crippen LogP contribution in [0.15, 0.2) is 48.9 Å². The van der Waals surface area contributed by atoms with Gasteiger partial charge in [-0.05, 0) is 30.7 Å². The number of carbonyl (C=O) groups is 1. The molecule has 0 aliphatic carbocycles. The second-order valence-electron chi connectivity index (χ2n) is 8.00. The highest BCUT2D eigenvalue weighted by Crippen LogP contribution is 2.32. The van der Waals surface area contributed by atoms with Crippen molar-refractivity contribution < 1.29 is 23.4 Å². The maximum absolute atomic E-state index is 15.3. The van der Waals surface area contributed by atoms with Gasteiger partial charge in [0.1, 0.15) is 17.3 Å². The number of imidazole rings is 1. The maximum atomic E-state index is 15.3. The topological polar surface area (TPSA) is 84.9 Å². The minimum Gasteiger partial charge on any atom is -0.465 e. The molecule has 5 rings (SSSR count).